The van der Waals surface area contributed by atoms with E-state index >= 15 is 0 Å². The molecule has 2 aromatic carbocycles. The fraction of sp³-hybridized carbons (Fsp3) is 0.273. The van der Waals surface area contributed by atoms with Crippen LogP contribution in [0.25, 0.3) is 10.9 Å². The van der Waals surface area contributed by atoms with Crippen molar-refractivity contribution in [2.45, 2.75) is 32.6 Å². The average Bonchev–Trinajstić information content (AvgIpc) is 3.12. The van der Waals surface area contributed by atoms with Crippen LogP contribution in [0.15, 0.2) is 48.7 Å². The Balaban J connectivity index is 1.32. The van der Waals surface area contributed by atoms with E-state index in [1.165, 1.54) is 0 Å². The van der Waals surface area contributed by atoms with Crippen LogP contribution in [0, 0.1) is 6.92 Å². The number of aromatic amines is 1. The van der Waals surface area contributed by atoms with Crippen LogP contribution >= 0.6 is 11.6 Å². The van der Waals surface area contributed by atoms with Gasteiger partial charge in [0.2, 0.25) is 11.8 Å². The van der Waals surface area contributed by atoms with Crippen LogP contribution in [-0.2, 0) is 16.0 Å². The van der Waals surface area contributed by atoms with E-state index in [-0.39, 0.29) is 18.2 Å². The highest BCUT2D eigenvalue weighted by molar-refractivity contribution is 6.30. The second kappa shape index (κ2) is 9.98. The molecule has 0 fully saturated rings. The van der Waals surface area contributed by atoms with Crippen molar-refractivity contribution < 1.29 is 14.3 Å². The van der Waals surface area contributed by atoms with Gasteiger partial charge in [-0.15, -0.1) is 0 Å². The highest BCUT2D eigenvalue weighted by Crippen LogP contribution is 2.22. The second-order valence-corrected chi connectivity index (χ2v) is 7.25. The van der Waals surface area contributed by atoms with E-state index in [0.29, 0.717) is 30.9 Å². The number of carbonyl (C=O) groups excluding carboxylic acids is 2. The van der Waals surface area contributed by atoms with Gasteiger partial charge >= 0.3 is 0 Å². The Bertz CT molecular complexity index is 1000. The Morgan fingerprint density at radius 3 is 2.62 bits per heavy atom. The Morgan fingerprint density at radius 2 is 1.83 bits per heavy atom. The Kier molecular flexibility index (Phi) is 7.14. The first-order chi connectivity index (χ1) is 14.0. The molecule has 0 atom stereocenters. The number of benzene rings is 2. The molecule has 0 bridgehead atoms. The zero-order valence-corrected chi connectivity index (χ0v) is 17.0. The summed E-state index contributed by atoms with van der Waals surface area (Å²) >= 11 is 5.91. The van der Waals surface area contributed by atoms with Gasteiger partial charge in [-0.1, -0.05) is 29.8 Å². The summed E-state index contributed by atoms with van der Waals surface area (Å²) in [6.07, 6.45) is 3.61. The van der Waals surface area contributed by atoms with Crippen LogP contribution in [0.1, 0.15) is 30.4 Å². The Morgan fingerprint density at radius 1 is 1.07 bits per heavy atom. The summed E-state index contributed by atoms with van der Waals surface area (Å²) in [5, 5.41) is 1.77. The van der Waals surface area contributed by atoms with Crippen molar-refractivity contribution in [1.82, 2.24) is 15.8 Å². The fourth-order valence-corrected chi connectivity index (χ4v) is 3.27. The predicted molar refractivity (Wildman–Crippen MR) is 114 cm³/mol. The third kappa shape index (κ3) is 5.99. The van der Waals surface area contributed by atoms with Crippen LogP contribution in [0.4, 0.5) is 0 Å². The number of rotatable bonds is 8. The molecule has 3 rings (SSSR count). The minimum atomic E-state index is -0.248. The number of amides is 2. The summed E-state index contributed by atoms with van der Waals surface area (Å²) < 4.78 is 5.65. The number of hydrogen-bond donors (Lipinski definition) is 3. The molecule has 6 nitrogen and oxygen atoms in total. The Labute approximate surface area is 174 Å². The normalized spacial score (nSPS) is 10.7. The fourth-order valence-electron chi connectivity index (χ4n) is 3.04. The SMILES string of the molecule is Cc1cc(Cl)ccc1OCCCC(=O)NNC(=O)CCc1c[nH]c2ccccc12. The first-order valence-electron chi connectivity index (χ1n) is 9.54. The smallest absolute Gasteiger partial charge is 0.238 e. The molecule has 0 aliphatic heterocycles. The van der Waals surface area contributed by atoms with Crippen molar-refractivity contribution in [3.8, 4) is 5.75 Å². The molecule has 0 aliphatic carbocycles. The summed E-state index contributed by atoms with van der Waals surface area (Å²) in [5.74, 6) is 0.277. The minimum Gasteiger partial charge on any atom is -0.493 e. The maximum atomic E-state index is 12.0. The summed E-state index contributed by atoms with van der Waals surface area (Å²) in [7, 11) is 0. The molecule has 0 spiro atoms. The van der Waals surface area contributed by atoms with Crippen LogP contribution in [-0.4, -0.2) is 23.4 Å². The molecule has 0 aliphatic rings. The van der Waals surface area contributed by atoms with E-state index in [2.05, 4.69) is 15.8 Å². The molecular formula is C22H24ClN3O3. The zero-order valence-electron chi connectivity index (χ0n) is 16.3. The van der Waals surface area contributed by atoms with Crippen LogP contribution in [0.3, 0.4) is 0 Å². The summed E-state index contributed by atoms with van der Waals surface area (Å²) in [6.45, 7) is 2.32. The highest BCUT2D eigenvalue weighted by atomic mass is 35.5. The molecule has 0 saturated carbocycles. The number of H-pyrrole nitrogens is 1. The molecule has 29 heavy (non-hydrogen) atoms. The van der Waals surface area contributed by atoms with Crippen LogP contribution in [0.5, 0.6) is 5.75 Å². The van der Waals surface area contributed by atoms with Gasteiger partial charge in [0.25, 0.3) is 0 Å². The molecule has 7 heteroatoms. The van der Waals surface area contributed by atoms with Crippen LogP contribution in [0.2, 0.25) is 5.02 Å². The van der Waals surface area contributed by atoms with E-state index in [4.69, 9.17) is 16.3 Å². The molecule has 0 saturated heterocycles. The minimum absolute atomic E-state index is 0.225. The van der Waals surface area contributed by atoms with Gasteiger partial charge in [0.1, 0.15) is 5.75 Å². The first kappa shape index (κ1) is 20.7. The number of halogens is 1. The number of para-hydroxylation sites is 1. The third-order valence-electron chi connectivity index (χ3n) is 4.58. The number of ether oxygens (including phenoxy) is 1. The topological polar surface area (TPSA) is 83.2 Å². The average molecular weight is 414 g/mol. The molecular weight excluding hydrogens is 390 g/mol. The molecule has 1 heterocycles. The quantitative estimate of drug-likeness (QED) is 0.384. The molecule has 152 valence electrons. The van der Waals surface area contributed by atoms with Crippen molar-refractivity contribution in [2.24, 2.45) is 0 Å². The molecule has 0 radical (unpaired) electrons. The summed E-state index contributed by atoms with van der Waals surface area (Å²) in [5.41, 5.74) is 7.99. The molecule has 3 N–H and O–H groups in total. The van der Waals surface area contributed by atoms with Crippen molar-refractivity contribution in [3.05, 3.63) is 64.8 Å². The lowest BCUT2D eigenvalue weighted by Gasteiger charge is -2.10. The van der Waals surface area contributed by atoms with Gasteiger partial charge in [-0.2, -0.15) is 0 Å². The number of fused-ring (bicyclic) bond motifs is 1. The molecule has 0 unspecified atom stereocenters. The maximum absolute atomic E-state index is 12.0. The van der Waals surface area contributed by atoms with Gasteiger partial charge in [0, 0.05) is 35.0 Å². The first-order valence-corrected chi connectivity index (χ1v) is 9.92. The van der Waals surface area contributed by atoms with Gasteiger partial charge in [-0.3, -0.25) is 20.4 Å². The van der Waals surface area contributed by atoms with Gasteiger partial charge in [-0.25, -0.2) is 0 Å². The lowest BCUT2D eigenvalue weighted by molar-refractivity contribution is -0.129. The number of hydrazine groups is 1. The van der Waals surface area contributed by atoms with Crippen molar-refractivity contribution >= 4 is 34.3 Å². The van der Waals surface area contributed by atoms with Gasteiger partial charge in [0.05, 0.1) is 6.61 Å². The number of carbonyl (C=O) groups is 2. The van der Waals surface area contributed by atoms with Crippen LogP contribution < -0.4 is 15.6 Å². The van der Waals surface area contributed by atoms with E-state index < -0.39 is 0 Å². The van der Waals surface area contributed by atoms with E-state index in [0.717, 1.165) is 27.8 Å². The predicted octanol–water partition coefficient (Wildman–Crippen LogP) is 4.07. The second-order valence-electron chi connectivity index (χ2n) is 6.82. The van der Waals surface area contributed by atoms with Gasteiger partial charge in [0.15, 0.2) is 0 Å². The number of hydrogen-bond acceptors (Lipinski definition) is 3. The summed E-state index contributed by atoms with van der Waals surface area (Å²) in [6, 6.07) is 13.4. The number of aromatic nitrogens is 1. The van der Waals surface area contributed by atoms with Crippen molar-refractivity contribution in [1.29, 1.82) is 0 Å². The highest BCUT2D eigenvalue weighted by Gasteiger charge is 2.08. The lowest BCUT2D eigenvalue weighted by atomic mass is 10.1. The van der Waals surface area contributed by atoms with Crippen molar-refractivity contribution in [3.63, 3.8) is 0 Å². The van der Waals surface area contributed by atoms with Gasteiger partial charge < -0.3 is 9.72 Å². The number of nitrogens with one attached hydrogen (secondary N) is 3. The van der Waals surface area contributed by atoms with Gasteiger partial charge in [-0.05, 0) is 55.2 Å². The molecule has 3 aromatic rings. The Hall–Kier alpha value is -2.99. The van der Waals surface area contributed by atoms with Crippen molar-refractivity contribution in [2.75, 3.05) is 6.61 Å². The standard InChI is InChI=1S/C22H24ClN3O3/c1-15-13-17(23)9-10-20(15)29-12-4-7-21(27)25-26-22(28)11-8-16-14-24-19-6-3-2-5-18(16)19/h2-3,5-6,9-10,13-14,24H,4,7-8,11-12H2,1H3,(H,25,27)(H,26,28). The number of aryl methyl sites for hydroxylation is 2. The molecule has 1 aromatic heterocycles. The van der Waals surface area contributed by atoms with E-state index in [9.17, 15) is 9.59 Å². The largest absolute Gasteiger partial charge is 0.493 e. The lowest BCUT2D eigenvalue weighted by Crippen LogP contribution is -2.41. The molecule has 2 amide bonds. The zero-order chi connectivity index (χ0) is 20.6. The maximum Gasteiger partial charge on any atom is 0.238 e. The van der Waals surface area contributed by atoms with E-state index in [1.807, 2.05) is 49.5 Å². The monoisotopic (exact) mass is 413 g/mol. The summed E-state index contributed by atoms with van der Waals surface area (Å²) in [4.78, 5) is 27.1. The van der Waals surface area contributed by atoms with E-state index in [1.54, 1.807) is 6.07 Å². The third-order valence-corrected chi connectivity index (χ3v) is 4.82.